The molecule has 0 amide bonds. The molecule has 3 atom stereocenters. The van der Waals surface area contributed by atoms with Crippen molar-refractivity contribution >= 4 is 0 Å². The summed E-state index contributed by atoms with van der Waals surface area (Å²) in [7, 11) is 0. The minimum atomic E-state index is -0.0710. The van der Waals surface area contributed by atoms with Gasteiger partial charge in [0, 0.05) is 25.6 Å². The van der Waals surface area contributed by atoms with Gasteiger partial charge in [-0.05, 0) is 18.8 Å². The zero-order valence-corrected chi connectivity index (χ0v) is 9.14. The molecule has 2 rings (SSSR count). The number of aliphatic hydroxyl groups is 2. The highest BCUT2D eigenvalue weighted by atomic mass is 16.5. The predicted molar refractivity (Wildman–Crippen MR) is 56.6 cm³/mol. The van der Waals surface area contributed by atoms with Gasteiger partial charge in [0.2, 0.25) is 0 Å². The van der Waals surface area contributed by atoms with E-state index in [0.717, 1.165) is 26.1 Å². The van der Waals surface area contributed by atoms with Crippen LogP contribution in [0.5, 0.6) is 0 Å². The van der Waals surface area contributed by atoms with Crippen molar-refractivity contribution in [2.45, 2.75) is 18.9 Å². The molecule has 1 heterocycles. The molecule has 0 radical (unpaired) electrons. The second-order valence-corrected chi connectivity index (χ2v) is 4.66. The third kappa shape index (κ3) is 2.69. The average molecular weight is 215 g/mol. The molecule has 4 heteroatoms. The van der Waals surface area contributed by atoms with Crippen LogP contribution in [0.4, 0.5) is 0 Å². The summed E-state index contributed by atoms with van der Waals surface area (Å²) >= 11 is 0. The Morgan fingerprint density at radius 3 is 2.80 bits per heavy atom. The maximum atomic E-state index is 9.74. The van der Waals surface area contributed by atoms with E-state index in [1.807, 2.05) is 0 Å². The van der Waals surface area contributed by atoms with Gasteiger partial charge in [-0.15, -0.1) is 0 Å². The molecule has 3 unspecified atom stereocenters. The highest BCUT2D eigenvalue weighted by molar-refractivity contribution is 4.93. The Balaban J connectivity index is 1.65. The molecule has 15 heavy (non-hydrogen) atoms. The van der Waals surface area contributed by atoms with Crippen LogP contribution in [-0.2, 0) is 4.74 Å². The van der Waals surface area contributed by atoms with Crippen molar-refractivity contribution in [2.24, 2.45) is 11.8 Å². The summed E-state index contributed by atoms with van der Waals surface area (Å²) in [5.74, 6) is 1.21. The molecule has 2 fully saturated rings. The lowest BCUT2D eigenvalue weighted by molar-refractivity contribution is 0.0730. The Bertz CT molecular complexity index is 200. The largest absolute Gasteiger partial charge is 0.394 e. The summed E-state index contributed by atoms with van der Waals surface area (Å²) in [5, 5.41) is 18.3. The van der Waals surface area contributed by atoms with Gasteiger partial charge in [-0.2, -0.15) is 0 Å². The Morgan fingerprint density at radius 2 is 2.07 bits per heavy atom. The topological polar surface area (TPSA) is 52.9 Å². The van der Waals surface area contributed by atoms with Gasteiger partial charge in [0.1, 0.15) is 0 Å². The molecule has 88 valence electrons. The van der Waals surface area contributed by atoms with Crippen LogP contribution in [0, 0.1) is 11.8 Å². The molecule has 0 spiro atoms. The van der Waals surface area contributed by atoms with Crippen LogP contribution in [0.1, 0.15) is 12.8 Å². The van der Waals surface area contributed by atoms with E-state index >= 15 is 0 Å². The van der Waals surface area contributed by atoms with Crippen molar-refractivity contribution in [3.05, 3.63) is 0 Å². The van der Waals surface area contributed by atoms with E-state index in [1.165, 1.54) is 6.42 Å². The van der Waals surface area contributed by atoms with E-state index in [0.29, 0.717) is 25.0 Å². The maximum Gasteiger partial charge on any atom is 0.0698 e. The lowest BCUT2D eigenvalue weighted by Gasteiger charge is -2.17. The fourth-order valence-corrected chi connectivity index (χ4v) is 2.87. The van der Waals surface area contributed by atoms with Crippen molar-refractivity contribution < 1.29 is 14.9 Å². The van der Waals surface area contributed by atoms with Crippen LogP contribution in [-0.4, -0.2) is 60.7 Å². The van der Waals surface area contributed by atoms with Crippen molar-refractivity contribution in [1.29, 1.82) is 0 Å². The lowest BCUT2D eigenvalue weighted by Crippen LogP contribution is -2.28. The highest BCUT2D eigenvalue weighted by Gasteiger charge is 2.41. The van der Waals surface area contributed by atoms with Gasteiger partial charge in [0.05, 0.1) is 25.9 Å². The number of fused-ring (bicyclic) bond motifs is 1. The third-order valence-electron chi connectivity index (χ3n) is 3.68. The second kappa shape index (κ2) is 5.25. The standard InChI is InChI=1S/C11H21NO3/c13-4-6-15-5-3-12-7-9-1-2-11(14)10(9)8-12/h9-11,13-14H,1-8H2. The van der Waals surface area contributed by atoms with Crippen molar-refractivity contribution in [1.82, 2.24) is 4.90 Å². The number of likely N-dealkylation sites (tertiary alicyclic amines) is 1. The predicted octanol–water partition coefficient (Wildman–Crippen LogP) is -0.302. The van der Waals surface area contributed by atoms with Crippen LogP contribution < -0.4 is 0 Å². The number of nitrogens with zero attached hydrogens (tertiary/aromatic N) is 1. The number of ether oxygens (including phenoxy) is 1. The first-order valence-electron chi connectivity index (χ1n) is 5.90. The smallest absolute Gasteiger partial charge is 0.0698 e. The number of hydrogen-bond acceptors (Lipinski definition) is 4. The minimum Gasteiger partial charge on any atom is -0.394 e. The van der Waals surface area contributed by atoms with Crippen molar-refractivity contribution in [2.75, 3.05) is 39.5 Å². The minimum absolute atomic E-state index is 0.0710. The van der Waals surface area contributed by atoms with Crippen LogP contribution in [0.3, 0.4) is 0 Å². The Labute approximate surface area is 90.8 Å². The van der Waals surface area contributed by atoms with Gasteiger partial charge in [0.25, 0.3) is 0 Å². The van der Waals surface area contributed by atoms with Gasteiger partial charge >= 0.3 is 0 Å². The fraction of sp³-hybridized carbons (Fsp3) is 1.00. The first kappa shape index (κ1) is 11.3. The second-order valence-electron chi connectivity index (χ2n) is 4.66. The third-order valence-corrected chi connectivity index (χ3v) is 3.68. The number of rotatable bonds is 5. The Hall–Kier alpha value is -0.160. The Morgan fingerprint density at radius 1 is 1.20 bits per heavy atom. The van der Waals surface area contributed by atoms with E-state index < -0.39 is 0 Å². The van der Waals surface area contributed by atoms with Crippen LogP contribution in [0.15, 0.2) is 0 Å². The van der Waals surface area contributed by atoms with Gasteiger partial charge in [0.15, 0.2) is 0 Å². The summed E-state index contributed by atoms with van der Waals surface area (Å²) in [5.41, 5.74) is 0. The van der Waals surface area contributed by atoms with E-state index in [1.54, 1.807) is 0 Å². The van der Waals surface area contributed by atoms with Crippen LogP contribution in [0.2, 0.25) is 0 Å². The number of aliphatic hydroxyl groups excluding tert-OH is 2. The van der Waals surface area contributed by atoms with Crippen LogP contribution >= 0.6 is 0 Å². The summed E-state index contributed by atoms with van der Waals surface area (Å²) in [6, 6.07) is 0. The monoisotopic (exact) mass is 215 g/mol. The van der Waals surface area contributed by atoms with E-state index in [-0.39, 0.29) is 12.7 Å². The summed E-state index contributed by atoms with van der Waals surface area (Å²) in [6.07, 6.45) is 2.10. The highest BCUT2D eigenvalue weighted by Crippen LogP contribution is 2.37. The van der Waals surface area contributed by atoms with Crippen molar-refractivity contribution in [3.8, 4) is 0 Å². The molecule has 2 N–H and O–H groups in total. The molecule has 1 aliphatic heterocycles. The zero-order chi connectivity index (χ0) is 10.7. The van der Waals surface area contributed by atoms with E-state index in [9.17, 15) is 5.11 Å². The molecule has 0 aromatic heterocycles. The zero-order valence-electron chi connectivity index (χ0n) is 9.14. The molecule has 1 aliphatic carbocycles. The van der Waals surface area contributed by atoms with Gasteiger partial charge in [-0.3, -0.25) is 0 Å². The summed E-state index contributed by atoms with van der Waals surface area (Å²) in [4.78, 5) is 2.37. The molecular weight excluding hydrogens is 194 g/mol. The van der Waals surface area contributed by atoms with E-state index in [4.69, 9.17) is 9.84 Å². The van der Waals surface area contributed by atoms with Gasteiger partial charge < -0.3 is 19.8 Å². The average Bonchev–Trinajstić information content (AvgIpc) is 2.76. The summed E-state index contributed by atoms with van der Waals surface area (Å²) in [6.45, 7) is 4.29. The lowest BCUT2D eigenvalue weighted by atomic mass is 10.00. The molecule has 4 nitrogen and oxygen atoms in total. The molecule has 0 aromatic rings. The van der Waals surface area contributed by atoms with E-state index in [2.05, 4.69) is 4.90 Å². The molecule has 2 aliphatic rings. The number of hydrogen-bond donors (Lipinski definition) is 2. The van der Waals surface area contributed by atoms with Crippen molar-refractivity contribution in [3.63, 3.8) is 0 Å². The van der Waals surface area contributed by atoms with Gasteiger partial charge in [-0.1, -0.05) is 0 Å². The molecule has 1 saturated heterocycles. The SMILES string of the molecule is OCCOCCN1CC2CCC(O)C2C1. The molecular formula is C11H21NO3. The van der Waals surface area contributed by atoms with Crippen LogP contribution in [0.25, 0.3) is 0 Å². The fourth-order valence-electron chi connectivity index (χ4n) is 2.87. The first-order valence-corrected chi connectivity index (χ1v) is 5.90. The first-order chi connectivity index (χ1) is 7.31. The molecule has 0 aromatic carbocycles. The summed E-state index contributed by atoms with van der Waals surface area (Å²) < 4.78 is 5.24. The maximum absolute atomic E-state index is 9.74. The normalized spacial score (nSPS) is 36.0. The molecule has 0 bridgehead atoms. The Kier molecular flexibility index (Phi) is 3.97. The molecule has 1 saturated carbocycles. The quantitative estimate of drug-likeness (QED) is 0.618. The van der Waals surface area contributed by atoms with Gasteiger partial charge in [-0.25, -0.2) is 0 Å².